The Morgan fingerprint density at radius 2 is 2.10 bits per heavy atom. The van der Waals surface area contributed by atoms with Gasteiger partial charge in [-0.15, -0.1) is 11.6 Å². The van der Waals surface area contributed by atoms with Crippen LogP contribution in [0.1, 0.15) is 23.7 Å². The van der Waals surface area contributed by atoms with Gasteiger partial charge >= 0.3 is 0 Å². The van der Waals surface area contributed by atoms with E-state index in [1.165, 1.54) is 4.57 Å². The fourth-order valence-corrected chi connectivity index (χ4v) is 2.40. The second kappa shape index (κ2) is 6.63. The first-order valence-electron chi connectivity index (χ1n) is 6.80. The maximum atomic E-state index is 12.4. The van der Waals surface area contributed by atoms with Crippen molar-refractivity contribution in [3.8, 4) is 5.75 Å². The molecule has 0 unspecified atom stereocenters. The van der Waals surface area contributed by atoms with Gasteiger partial charge in [-0.3, -0.25) is 9.59 Å². The zero-order valence-electron chi connectivity index (χ0n) is 11.7. The standard InChI is InChI=1S/C15H17ClN2O3/c1-2-18-11-7-4-3-6-10(11)13(19)12(15(18)21)14(20)17-9-5-8-16/h3-4,6-7,19H,2,5,8-9H2,1H3,(H,17,20). The predicted octanol–water partition coefficient (Wildman–Crippen LogP) is 2.09. The highest BCUT2D eigenvalue weighted by molar-refractivity contribution is 6.17. The molecule has 0 atom stereocenters. The lowest BCUT2D eigenvalue weighted by molar-refractivity contribution is 0.0949. The summed E-state index contributed by atoms with van der Waals surface area (Å²) in [6.45, 7) is 2.60. The second-order valence-electron chi connectivity index (χ2n) is 4.59. The average Bonchev–Trinajstić information content (AvgIpc) is 2.48. The van der Waals surface area contributed by atoms with Gasteiger partial charge in [0.05, 0.1) is 5.52 Å². The van der Waals surface area contributed by atoms with E-state index in [0.29, 0.717) is 36.3 Å². The molecule has 112 valence electrons. The predicted molar refractivity (Wildman–Crippen MR) is 83.2 cm³/mol. The summed E-state index contributed by atoms with van der Waals surface area (Å²) >= 11 is 5.55. The number of carbonyl (C=O) groups excluding carboxylic acids is 1. The zero-order valence-corrected chi connectivity index (χ0v) is 12.5. The molecule has 5 nitrogen and oxygen atoms in total. The Kier molecular flexibility index (Phi) is 4.85. The number of rotatable bonds is 5. The monoisotopic (exact) mass is 308 g/mol. The molecule has 0 aliphatic heterocycles. The fourth-order valence-electron chi connectivity index (χ4n) is 2.27. The molecule has 0 bridgehead atoms. The van der Waals surface area contributed by atoms with E-state index in [4.69, 9.17) is 11.6 Å². The molecular formula is C15H17ClN2O3. The number of aromatic hydroxyl groups is 1. The molecule has 0 saturated heterocycles. The second-order valence-corrected chi connectivity index (χ2v) is 4.97. The van der Waals surface area contributed by atoms with Crippen LogP contribution in [-0.4, -0.2) is 28.0 Å². The minimum atomic E-state index is -0.574. The number of hydrogen-bond acceptors (Lipinski definition) is 3. The van der Waals surface area contributed by atoms with Crippen molar-refractivity contribution >= 4 is 28.4 Å². The Morgan fingerprint density at radius 3 is 2.76 bits per heavy atom. The quantitative estimate of drug-likeness (QED) is 0.656. The van der Waals surface area contributed by atoms with Gasteiger partial charge in [0.1, 0.15) is 11.3 Å². The summed E-state index contributed by atoms with van der Waals surface area (Å²) in [7, 11) is 0. The van der Waals surface area contributed by atoms with Gasteiger partial charge in [-0.2, -0.15) is 0 Å². The third-order valence-electron chi connectivity index (χ3n) is 3.29. The Morgan fingerprint density at radius 1 is 1.38 bits per heavy atom. The summed E-state index contributed by atoms with van der Waals surface area (Å²) in [5.74, 6) is -0.428. The van der Waals surface area contributed by atoms with Gasteiger partial charge in [0, 0.05) is 24.4 Å². The van der Waals surface area contributed by atoms with Crippen LogP contribution in [0.5, 0.6) is 5.75 Å². The van der Waals surface area contributed by atoms with Crippen molar-refractivity contribution in [2.45, 2.75) is 19.9 Å². The van der Waals surface area contributed by atoms with Crippen LogP contribution in [-0.2, 0) is 6.54 Å². The molecule has 0 spiro atoms. The average molecular weight is 309 g/mol. The SMILES string of the molecule is CCn1c(=O)c(C(=O)NCCCCl)c(O)c2ccccc21. The number of para-hydroxylation sites is 1. The van der Waals surface area contributed by atoms with Crippen LogP contribution in [0.3, 0.4) is 0 Å². The number of alkyl halides is 1. The Bertz CT molecular complexity index is 725. The lowest BCUT2D eigenvalue weighted by Crippen LogP contribution is -2.33. The number of hydrogen-bond donors (Lipinski definition) is 2. The number of nitrogens with zero attached hydrogens (tertiary/aromatic N) is 1. The number of pyridine rings is 1. The summed E-state index contributed by atoms with van der Waals surface area (Å²) in [5, 5.41) is 13.4. The number of benzene rings is 1. The number of carbonyl (C=O) groups is 1. The highest BCUT2D eigenvalue weighted by atomic mass is 35.5. The molecule has 2 aromatic rings. The molecular weight excluding hydrogens is 292 g/mol. The Labute approximate surface area is 127 Å². The van der Waals surface area contributed by atoms with Gasteiger partial charge in [-0.05, 0) is 25.5 Å². The number of fused-ring (bicyclic) bond motifs is 1. The third-order valence-corrected chi connectivity index (χ3v) is 3.55. The highest BCUT2D eigenvalue weighted by Crippen LogP contribution is 2.26. The van der Waals surface area contributed by atoms with Crippen molar-refractivity contribution in [1.29, 1.82) is 0 Å². The number of nitrogens with one attached hydrogen (secondary N) is 1. The van der Waals surface area contributed by atoms with Crippen LogP contribution < -0.4 is 10.9 Å². The summed E-state index contributed by atoms with van der Waals surface area (Å²) in [6.07, 6.45) is 0.601. The van der Waals surface area contributed by atoms with Crippen LogP contribution in [0.15, 0.2) is 29.1 Å². The summed E-state index contributed by atoms with van der Waals surface area (Å²) in [5.41, 5.74) is -0.0954. The van der Waals surface area contributed by atoms with E-state index in [1.54, 1.807) is 24.3 Å². The topological polar surface area (TPSA) is 71.3 Å². The van der Waals surface area contributed by atoms with E-state index in [9.17, 15) is 14.7 Å². The zero-order chi connectivity index (χ0) is 15.4. The van der Waals surface area contributed by atoms with Gasteiger partial charge in [-0.25, -0.2) is 0 Å². The smallest absolute Gasteiger partial charge is 0.267 e. The van der Waals surface area contributed by atoms with Crippen molar-refractivity contribution in [2.24, 2.45) is 0 Å². The van der Waals surface area contributed by atoms with Crippen LogP contribution in [0.25, 0.3) is 10.9 Å². The molecule has 2 rings (SSSR count). The van der Waals surface area contributed by atoms with Crippen molar-refractivity contribution in [3.63, 3.8) is 0 Å². The minimum absolute atomic E-state index is 0.217. The maximum Gasteiger partial charge on any atom is 0.267 e. The fraction of sp³-hybridized carbons (Fsp3) is 0.333. The van der Waals surface area contributed by atoms with Crippen LogP contribution in [0.2, 0.25) is 0 Å². The number of aromatic nitrogens is 1. The summed E-state index contributed by atoms with van der Waals surface area (Å²) in [4.78, 5) is 24.6. The molecule has 1 amide bonds. The Hall–Kier alpha value is -2.01. The molecule has 0 aliphatic carbocycles. The van der Waals surface area contributed by atoms with E-state index in [1.807, 2.05) is 6.92 Å². The normalized spacial score (nSPS) is 10.8. The molecule has 2 N–H and O–H groups in total. The lowest BCUT2D eigenvalue weighted by atomic mass is 10.1. The summed E-state index contributed by atoms with van der Waals surface area (Å²) < 4.78 is 1.48. The van der Waals surface area contributed by atoms with E-state index in [-0.39, 0.29) is 11.3 Å². The first kappa shape index (κ1) is 15.4. The molecule has 0 fully saturated rings. The largest absolute Gasteiger partial charge is 0.506 e. The summed E-state index contributed by atoms with van der Waals surface area (Å²) in [6, 6.07) is 6.97. The highest BCUT2D eigenvalue weighted by Gasteiger charge is 2.21. The van der Waals surface area contributed by atoms with Crippen molar-refractivity contribution < 1.29 is 9.90 Å². The molecule has 0 saturated carbocycles. The minimum Gasteiger partial charge on any atom is -0.506 e. The van der Waals surface area contributed by atoms with Crippen molar-refractivity contribution in [2.75, 3.05) is 12.4 Å². The first-order valence-corrected chi connectivity index (χ1v) is 7.34. The number of aryl methyl sites for hydroxylation is 1. The number of halogens is 1. The first-order chi connectivity index (χ1) is 10.1. The van der Waals surface area contributed by atoms with E-state index in [0.717, 1.165) is 0 Å². The van der Waals surface area contributed by atoms with E-state index < -0.39 is 11.5 Å². The number of amides is 1. The van der Waals surface area contributed by atoms with E-state index in [2.05, 4.69) is 5.32 Å². The maximum absolute atomic E-state index is 12.4. The van der Waals surface area contributed by atoms with Crippen LogP contribution in [0, 0.1) is 0 Å². The molecule has 21 heavy (non-hydrogen) atoms. The van der Waals surface area contributed by atoms with Crippen LogP contribution >= 0.6 is 11.6 Å². The van der Waals surface area contributed by atoms with Gasteiger partial charge in [0.15, 0.2) is 0 Å². The van der Waals surface area contributed by atoms with Crippen molar-refractivity contribution in [1.82, 2.24) is 9.88 Å². The third kappa shape index (κ3) is 2.88. The van der Waals surface area contributed by atoms with E-state index >= 15 is 0 Å². The van der Waals surface area contributed by atoms with Gasteiger partial charge in [0.25, 0.3) is 11.5 Å². The Balaban J connectivity index is 2.58. The van der Waals surface area contributed by atoms with Gasteiger partial charge < -0.3 is 15.0 Å². The lowest BCUT2D eigenvalue weighted by Gasteiger charge is -2.13. The van der Waals surface area contributed by atoms with Gasteiger partial charge in [0.2, 0.25) is 0 Å². The molecule has 1 aromatic carbocycles. The molecule has 6 heteroatoms. The molecule has 1 aromatic heterocycles. The van der Waals surface area contributed by atoms with Crippen LogP contribution in [0.4, 0.5) is 0 Å². The molecule has 1 heterocycles. The molecule has 0 aliphatic rings. The molecule has 0 radical (unpaired) electrons. The van der Waals surface area contributed by atoms with Crippen molar-refractivity contribution in [3.05, 3.63) is 40.2 Å². The van der Waals surface area contributed by atoms with Gasteiger partial charge in [-0.1, -0.05) is 12.1 Å².